The molecule has 0 spiro atoms. The lowest BCUT2D eigenvalue weighted by Crippen LogP contribution is -2.40. The van der Waals surface area contributed by atoms with E-state index in [1.54, 1.807) is 10.6 Å². The van der Waals surface area contributed by atoms with Crippen LogP contribution >= 0.6 is 0 Å². The van der Waals surface area contributed by atoms with Crippen LogP contribution in [0.4, 0.5) is 0 Å². The topological polar surface area (TPSA) is 56.0 Å². The summed E-state index contributed by atoms with van der Waals surface area (Å²) in [5.41, 5.74) is 0. The first-order valence-electron chi connectivity index (χ1n) is 5.51. The third-order valence-corrected chi connectivity index (χ3v) is 2.43. The van der Waals surface area contributed by atoms with E-state index in [-0.39, 0.29) is 5.84 Å². The van der Waals surface area contributed by atoms with E-state index in [2.05, 4.69) is 14.9 Å². The molecule has 6 nitrogen and oxygen atoms in total. The van der Waals surface area contributed by atoms with Crippen LogP contribution in [0.1, 0.15) is 19.3 Å². The molecule has 0 saturated carbocycles. The highest BCUT2D eigenvalue weighted by Gasteiger charge is 2.27. The highest BCUT2D eigenvalue weighted by Crippen LogP contribution is 2.09. The summed E-state index contributed by atoms with van der Waals surface area (Å²) in [4.78, 5) is 10.2. The van der Waals surface area contributed by atoms with Gasteiger partial charge in [-0.3, -0.25) is 0 Å². The molecule has 1 saturated heterocycles. The van der Waals surface area contributed by atoms with Crippen LogP contribution in [-0.4, -0.2) is 48.5 Å². The van der Waals surface area contributed by atoms with Crippen LogP contribution in [0, 0.1) is 17.9 Å². The van der Waals surface area contributed by atoms with Crippen molar-refractivity contribution in [3.05, 3.63) is 11.4 Å². The summed E-state index contributed by atoms with van der Waals surface area (Å²) < 4.78 is 1.80. The van der Waals surface area contributed by atoms with E-state index in [4.69, 9.17) is 16.7 Å². The van der Waals surface area contributed by atoms with E-state index in [0.717, 1.165) is 25.9 Å². The second-order valence-corrected chi connectivity index (χ2v) is 3.95. The maximum atomic E-state index is 8.58. The summed E-state index contributed by atoms with van der Waals surface area (Å²) in [7, 11) is 3.70. The fraction of sp³-hybridized carbons (Fsp3) is 0.636. The Labute approximate surface area is 101 Å². The van der Waals surface area contributed by atoms with Gasteiger partial charge in [0.15, 0.2) is 0 Å². The average Bonchev–Trinajstić information content (AvgIpc) is 2.35. The number of amidine groups is 2. The van der Waals surface area contributed by atoms with Crippen LogP contribution in [0.15, 0.2) is 5.16 Å². The molecule has 90 valence electrons. The van der Waals surface area contributed by atoms with Crippen molar-refractivity contribution >= 4 is 11.9 Å². The van der Waals surface area contributed by atoms with E-state index in [0.29, 0.717) is 6.02 Å². The summed E-state index contributed by atoms with van der Waals surface area (Å²) in [5, 5.41) is 12.1. The Hall–Kier alpha value is -2.08. The molecule has 0 bridgehead atoms. The molecular weight excluding hydrogens is 218 g/mol. The highest BCUT2D eigenvalue weighted by molar-refractivity contribution is 6.03. The van der Waals surface area contributed by atoms with E-state index >= 15 is 0 Å². The molecule has 0 radical (unpaired) electrons. The smallest absolute Gasteiger partial charge is 0.348 e. The normalized spacial score (nSPS) is 15.8. The molecule has 1 fully saturated rings. The Balaban J connectivity index is 2.76. The molecule has 0 unspecified atom stereocenters. The van der Waals surface area contributed by atoms with Crippen LogP contribution in [0.5, 0.6) is 0 Å². The molecule has 0 aliphatic carbocycles. The van der Waals surface area contributed by atoms with E-state index in [1.807, 2.05) is 14.1 Å². The minimum Gasteiger partial charge on any atom is -0.348 e. The van der Waals surface area contributed by atoms with Crippen LogP contribution in [0.2, 0.25) is 0 Å². The zero-order valence-corrected chi connectivity index (χ0v) is 10.2. The van der Waals surface area contributed by atoms with Gasteiger partial charge in [0.1, 0.15) is 6.07 Å². The van der Waals surface area contributed by atoms with Gasteiger partial charge in [-0.05, 0) is 19.3 Å². The molecule has 6 heteroatoms. The fourth-order valence-electron chi connectivity index (χ4n) is 1.66. The summed E-state index contributed by atoms with van der Waals surface area (Å²) in [6.07, 6.45) is 3.47. The van der Waals surface area contributed by atoms with Gasteiger partial charge in [0.25, 0.3) is 0 Å². The molecule has 0 aromatic carbocycles. The first-order chi connectivity index (χ1) is 8.19. The molecule has 1 aliphatic rings. The van der Waals surface area contributed by atoms with Gasteiger partial charge in [-0.15, -0.1) is 0 Å². The van der Waals surface area contributed by atoms with Crippen molar-refractivity contribution in [3.63, 3.8) is 0 Å². The second-order valence-electron chi connectivity index (χ2n) is 3.95. The quantitative estimate of drug-likeness (QED) is 0.222. The maximum absolute atomic E-state index is 8.58. The predicted molar refractivity (Wildman–Crippen MR) is 63.3 cm³/mol. The van der Waals surface area contributed by atoms with Crippen molar-refractivity contribution in [2.24, 2.45) is 5.16 Å². The lowest BCUT2D eigenvalue weighted by Gasteiger charge is -2.20. The highest BCUT2D eigenvalue weighted by atomic mass is 16.7. The lowest BCUT2D eigenvalue weighted by atomic mass is 10.1. The minimum atomic E-state index is -0.290. The van der Waals surface area contributed by atoms with Crippen molar-refractivity contribution in [2.45, 2.75) is 19.3 Å². The van der Waals surface area contributed by atoms with E-state index in [1.165, 1.54) is 6.42 Å². The maximum Gasteiger partial charge on any atom is 0.492 e. The molecule has 1 heterocycles. The van der Waals surface area contributed by atoms with Crippen LogP contribution in [-0.2, 0) is 4.84 Å². The lowest BCUT2D eigenvalue weighted by molar-refractivity contribution is -0.481. The summed E-state index contributed by atoms with van der Waals surface area (Å²) >= 11 is 0. The van der Waals surface area contributed by atoms with Crippen LogP contribution in [0.3, 0.4) is 0 Å². The number of piperidine rings is 1. The Bertz CT molecular complexity index is 387. The molecule has 0 atom stereocenters. The van der Waals surface area contributed by atoms with Crippen molar-refractivity contribution in [1.82, 2.24) is 4.90 Å². The molecule has 0 aromatic rings. The average molecular weight is 234 g/mol. The monoisotopic (exact) mass is 234 g/mol. The van der Waals surface area contributed by atoms with Gasteiger partial charge in [-0.2, -0.15) is 4.84 Å². The zero-order valence-electron chi connectivity index (χ0n) is 10.2. The standard InChI is InChI=1S/C11H16N5O/c1-13-10(9-12)14-17-11(15(2)3)16-7-5-4-6-8-16/h4-8H2,2-3H3/q+1. The van der Waals surface area contributed by atoms with Crippen LogP contribution < -0.4 is 0 Å². The van der Waals surface area contributed by atoms with E-state index < -0.39 is 0 Å². The number of oxime groups is 1. The minimum absolute atomic E-state index is 0.290. The number of nitriles is 1. The first kappa shape index (κ1) is 13.0. The number of hydrogen-bond donors (Lipinski definition) is 0. The SMILES string of the molecule is [C-]#[N+]C(C#N)=NOC(N1CCCCC1)=[N+](C)C. The molecule has 0 N–H and O–H groups in total. The third-order valence-electron chi connectivity index (χ3n) is 2.43. The molecule has 0 amide bonds. The number of rotatable bonds is 1. The van der Waals surface area contributed by atoms with Gasteiger partial charge in [-0.1, -0.05) is 6.57 Å². The van der Waals surface area contributed by atoms with Crippen LogP contribution in [0.25, 0.3) is 4.85 Å². The van der Waals surface area contributed by atoms with Crippen molar-refractivity contribution in [1.29, 1.82) is 5.26 Å². The Kier molecular flexibility index (Phi) is 4.96. The van der Waals surface area contributed by atoms with Gasteiger partial charge in [0.05, 0.1) is 32.3 Å². The largest absolute Gasteiger partial charge is 0.492 e. The summed E-state index contributed by atoms with van der Waals surface area (Å²) in [5.74, 6) is -0.290. The molecule has 17 heavy (non-hydrogen) atoms. The number of likely N-dealkylation sites (tertiary alicyclic amines) is 1. The molecular formula is C11H16N5O+. The van der Waals surface area contributed by atoms with Gasteiger partial charge >= 0.3 is 11.9 Å². The summed E-state index contributed by atoms with van der Waals surface area (Å²) in [6, 6.07) is 2.25. The fourth-order valence-corrected chi connectivity index (χ4v) is 1.66. The van der Waals surface area contributed by atoms with E-state index in [9.17, 15) is 0 Å². The van der Waals surface area contributed by atoms with Gasteiger partial charge < -0.3 is 4.85 Å². The van der Waals surface area contributed by atoms with Gasteiger partial charge in [-0.25, -0.2) is 14.7 Å². The van der Waals surface area contributed by atoms with Crippen molar-refractivity contribution in [3.8, 4) is 6.07 Å². The van der Waals surface area contributed by atoms with Crippen molar-refractivity contribution in [2.75, 3.05) is 27.2 Å². The molecule has 0 aromatic heterocycles. The predicted octanol–water partition coefficient (Wildman–Crippen LogP) is 0.873. The Morgan fingerprint density at radius 3 is 2.53 bits per heavy atom. The number of nitrogens with zero attached hydrogens (tertiary/aromatic N) is 5. The molecule has 1 rings (SSSR count). The Morgan fingerprint density at radius 2 is 2.06 bits per heavy atom. The second kappa shape index (κ2) is 6.49. The summed E-state index contributed by atoms with van der Waals surface area (Å²) in [6.45, 7) is 8.55. The van der Waals surface area contributed by atoms with Crippen molar-refractivity contribution < 1.29 is 9.41 Å². The third kappa shape index (κ3) is 3.76. The van der Waals surface area contributed by atoms with Gasteiger partial charge in [0.2, 0.25) is 0 Å². The van der Waals surface area contributed by atoms with Gasteiger partial charge in [0, 0.05) is 0 Å². The first-order valence-corrected chi connectivity index (χ1v) is 5.51. The Morgan fingerprint density at radius 1 is 1.41 bits per heavy atom. The zero-order chi connectivity index (χ0) is 12.7. The molecule has 1 aliphatic heterocycles. The number of hydrogen-bond acceptors (Lipinski definition) is 3.